The van der Waals surface area contributed by atoms with Gasteiger partial charge < -0.3 is 10.4 Å². The third-order valence-corrected chi connectivity index (χ3v) is 3.08. The molecule has 0 aliphatic heterocycles. The fourth-order valence-corrected chi connectivity index (χ4v) is 1.89. The Balaban J connectivity index is 2.30. The summed E-state index contributed by atoms with van der Waals surface area (Å²) in [6, 6.07) is -0.156. The van der Waals surface area contributed by atoms with Gasteiger partial charge in [0.25, 0.3) is 0 Å². The largest absolute Gasteiger partial charge is 0.481 e. The molecule has 1 saturated carbocycles. The van der Waals surface area contributed by atoms with Crippen LogP contribution in [0.2, 0.25) is 0 Å². The van der Waals surface area contributed by atoms with Gasteiger partial charge in [-0.2, -0.15) is 11.8 Å². The number of rotatable bonds is 7. The number of aliphatic carboxylic acids is 1. The molecule has 4 nitrogen and oxygen atoms in total. The molecule has 2 N–H and O–H groups in total. The number of nitrogens with one attached hydrogen (secondary N) is 1. The molecule has 0 heterocycles. The molecule has 1 unspecified atom stereocenters. The minimum Gasteiger partial charge on any atom is -0.481 e. The molecule has 0 spiro atoms. The van der Waals surface area contributed by atoms with Crippen molar-refractivity contribution in [2.45, 2.75) is 31.7 Å². The minimum absolute atomic E-state index is 0.0255. The molecular formula is C10H17NO3S. The van der Waals surface area contributed by atoms with E-state index in [1.54, 1.807) is 11.8 Å². The Morgan fingerprint density at radius 1 is 1.53 bits per heavy atom. The smallest absolute Gasteiger partial charge is 0.305 e. The summed E-state index contributed by atoms with van der Waals surface area (Å²) in [6.45, 7) is 0. The maximum absolute atomic E-state index is 11.4. The number of carbonyl (C=O) groups excluding carboxylic acids is 1. The second-order valence-corrected chi connectivity index (χ2v) is 4.84. The summed E-state index contributed by atoms with van der Waals surface area (Å²) in [5.41, 5.74) is 0. The van der Waals surface area contributed by atoms with Gasteiger partial charge >= 0.3 is 5.97 Å². The summed E-state index contributed by atoms with van der Waals surface area (Å²) in [6.07, 6.45) is 4.56. The second-order valence-electron chi connectivity index (χ2n) is 3.85. The molecule has 1 amide bonds. The van der Waals surface area contributed by atoms with E-state index >= 15 is 0 Å². The predicted octanol–water partition coefficient (Wildman–Crippen LogP) is 1.11. The van der Waals surface area contributed by atoms with Crippen LogP contribution in [-0.4, -0.2) is 35.0 Å². The van der Waals surface area contributed by atoms with Crippen LogP contribution in [0.15, 0.2) is 0 Å². The highest BCUT2D eigenvalue weighted by Gasteiger charge is 2.33. The molecule has 0 aromatic heterocycles. The lowest BCUT2D eigenvalue weighted by Gasteiger charge is -2.15. The van der Waals surface area contributed by atoms with E-state index in [9.17, 15) is 9.59 Å². The lowest BCUT2D eigenvalue weighted by atomic mass is 10.1. The first kappa shape index (κ1) is 12.4. The van der Waals surface area contributed by atoms with Crippen LogP contribution in [0, 0.1) is 5.92 Å². The van der Waals surface area contributed by atoms with Crippen molar-refractivity contribution in [3.63, 3.8) is 0 Å². The fraction of sp³-hybridized carbons (Fsp3) is 0.800. The molecular weight excluding hydrogens is 214 g/mol. The molecule has 1 fully saturated rings. The average molecular weight is 231 g/mol. The Bertz CT molecular complexity index is 241. The van der Waals surface area contributed by atoms with Gasteiger partial charge in [0, 0.05) is 18.2 Å². The van der Waals surface area contributed by atoms with Gasteiger partial charge in [-0.1, -0.05) is 0 Å². The quantitative estimate of drug-likeness (QED) is 0.689. The van der Waals surface area contributed by atoms with Gasteiger partial charge in [-0.3, -0.25) is 9.59 Å². The van der Waals surface area contributed by atoms with Crippen molar-refractivity contribution >= 4 is 23.6 Å². The number of thioether (sulfide) groups is 1. The fourth-order valence-electron chi connectivity index (χ4n) is 1.50. The Morgan fingerprint density at radius 2 is 2.20 bits per heavy atom. The van der Waals surface area contributed by atoms with Crippen molar-refractivity contribution in [2.75, 3.05) is 12.0 Å². The Morgan fingerprint density at radius 3 is 2.67 bits per heavy atom. The average Bonchev–Trinajstić information content (AvgIpc) is 2.96. The highest BCUT2D eigenvalue weighted by Crippen LogP contribution is 2.34. The molecule has 1 rings (SSSR count). The first-order valence-electron chi connectivity index (χ1n) is 5.13. The summed E-state index contributed by atoms with van der Waals surface area (Å²) in [5, 5.41) is 11.5. The molecule has 15 heavy (non-hydrogen) atoms. The van der Waals surface area contributed by atoms with E-state index in [-0.39, 0.29) is 18.4 Å². The second kappa shape index (κ2) is 6.00. The van der Waals surface area contributed by atoms with E-state index in [1.165, 1.54) is 0 Å². The van der Waals surface area contributed by atoms with E-state index in [2.05, 4.69) is 5.32 Å². The number of hydrogen-bond acceptors (Lipinski definition) is 3. The standard InChI is InChI=1S/C10H17NO3S/c1-15-5-4-9(12)11-8(6-10(13)14)7-2-3-7/h7-8H,2-6H2,1H3,(H,11,12)(H,13,14). The molecule has 0 aromatic carbocycles. The monoisotopic (exact) mass is 231 g/mol. The Kier molecular flexibility index (Phi) is 4.94. The van der Waals surface area contributed by atoms with E-state index < -0.39 is 5.97 Å². The summed E-state index contributed by atoms with van der Waals surface area (Å²) in [4.78, 5) is 22.0. The number of carboxylic acid groups (broad SMARTS) is 1. The van der Waals surface area contributed by atoms with Gasteiger partial charge in [0.05, 0.1) is 6.42 Å². The number of carbonyl (C=O) groups is 2. The van der Waals surface area contributed by atoms with Crippen molar-refractivity contribution in [2.24, 2.45) is 5.92 Å². The maximum Gasteiger partial charge on any atom is 0.305 e. The zero-order valence-electron chi connectivity index (χ0n) is 8.86. The maximum atomic E-state index is 11.4. The molecule has 0 bridgehead atoms. The molecule has 1 aliphatic rings. The minimum atomic E-state index is -0.836. The normalized spacial score (nSPS) is 17.1. The topological polar surface area (TPSA) is 66.4 Å². The van der Waals surface area contributed by atoms with Gasteiger partial charge in [-0.05, 0) is 25.0 Å². The van der Waals surface area contributed by atoms with Crippen molar-refractivity contribution < 1.29 is 14.7 Å². The highest BCUT2D eigenvalue weighted by atomic mass is 32.2. The van der Waals surface area contributed by atoms with Crippen LogP contribution in [0.3, 0.4) is 0 Å². The van der Waals surface area contributed by atoms with Gasteiger partial charge in [0.2, 0.25) is 5.91 Å². The molecule has 1 atom stereocenters. The van der Waals surface area contributed by atoms with Crippen molar-refractivity contribution in [3.05, 3.63) is 0 Å². The van der Waals surface area contributed by atoms with Crippen LogP contribution >= 0.6 is 11.8 Å². The zero-order chi connectivity index (χ0) is 11.3. The summed E-state index contributed by atoms with van der Waals surface area (Å²) in [7, 11) is 0. The third kappa shape index (κ3) is 5.06. The van der Waals surface area contributed by atoms with E-state index in [1.807, 2.05) is 6.26 Å². The summed E-state index contributed by atoms with van der Waals surface area (Å²) >= 11 is 1.62. The SMILES string of the molecule is CSCCC(=O)NC(CC(=O)O)C1CC1. The first-order valence-corrected chi connectivity index (χ1v) is 6.53. The Hall–Kier alpha value is -0.710. The van der Waals surface area contributed by atoms with Gasteiger partial charge in [0.1, 0.15) is 0 Å². The van der Waals surface area contributed by atoms with Crippen LogP contribution in [-0.2, 0) is 9.59 Å². The summed E-state index contributed by atoms with van der Waals surface area (Å²) in [5.74, 6) is 0.315. The molecule has 0 aromatic rings. The zero-order valence-corrected chi connectivity index (χ0v) is 9.68. The van der Waals surface area contributed by atoms with E-state index in [0.717, 1.165) is 18.6 Å². The van der Waals surface area contributed by atoms with E-state index in [0.29, 0.717) is 12.3 Å². The molecule has 1 aliphatic carbocycles. The van der Waals surface area contributed by atoms with Crippen LogP contribution in [0.25, 0.3) is 0 Å². The first-order chi connectivity index (χ1) is 7.13. The van der Waals surface area contributed by atoms with Crippen LogP contribution in [0.1, 0.15) is 25.7 Å². The molecule has 5 heteroatoms. The van der Waals surface area contributed by atoms with Crippen LogP contribution in [0.4, 0.5) is 0 Å². The van der Waals surface area contributed by atoms with Crippen LogP contribution < -0.4 is 5.32 Å². The van der Waals surface area contributed by atoms with Crippen molar-refractivity contribution in [3.8, 4) is 0 Å². The summed E-state index contributed by atoms with van der Waals surface area (Å²) < 4.78 is 0. The highest BCUT2D eigenvalue weighted by molar-refractivity contribution is 7.98. The molecule has 0 saturated heterocycles. The molecule has 0 radical (unpaired) electrons. The van der Waals surface area contributed by atoms with Gasteiger partial charge in [-0.15, -0.1) is 0 Å². The van der Waals surface area contributed by atoms with Crippen molar-refractivity contribution in [1.29, 1.82) is 0 Å². The molecule has 86 valence electrons. The van der Waals surface area contributed by atoms with Gasteiger partial charge in [0.15, 0.2) is 0 Å². The lowest BCUT2D eigenvalue weighted by molar-refractivity contribution is -0.137. The third-order valence-electron chi connectivity index (χ3n) is 2.47. The predicted molar refractivity (Wildman–Crippen MR) is 59.9 cm³/mol. The van der Waals surface area contributed by atoms with E-state index in [4.69, 9.17) is 5.11 Å². The lowest BCUT2D eigenvalue weighted by Crippen LogP contribution is -2.38. The van der Waals surface area contributed by atoms with Crippen molar-refractivity contribution in [1.82, 2.24) is 5.32 Å². The number of hydrogen-bond donors (Lipinski definition) is 2. The Labute approximate surface area is 93.8 Å². The van der Waals surface area contributed by atoms with Crippen LogP contribution in [0.5, 0.6) is 0 Å². The van der Waals surface area contributed by atoms with Gasteiger partial charge in [-0.25, -0.2) is 0 Å². The number of carboxylic acids is 1. The number of amides is 1.